The van der Waals surface area contributed by atoms with Crippen molar-refractivity contribution in [1.29, 1.82) is 0 Å². The van der Waals surface area contributed by atoms with E-state index in [-0.39, 0.29) is 25.0 Å². The van der Waals surface area contributed by atoms with Crippen LogP contribution >= 0.6 is 23.5 Å². The molecule has 2 aromatic heterocycles. The van der Waals surface area contributed by atoms with Crippen LogP contribution in [0.4, 0.5) is 13.2 Å². The van der Waals surface area contributed by atoms with Crippen molar-refractivity contribution in [3.8, 4) is 11.3 Å². The lowest BCUT2D eigenvalue weighted by Gasteiger charge is -2.24. The summed E-state index contributed by atoms with van der Waals surface area (Å²) < 4.78 is 40.0. The number of hydrogen-bond donors (Lipinski definition) is 1. The molecule has 0 aliphatic heterocycles. The minimum absolute atomic E-state index is 0.0954. The molecule has 0 saturated carbocycles. The summed E-state index contributed by atoms with van der Waals surface area (Å²) in [4.78, 5) is 17.4. The zero-order valence-electron chi connectivity index (χ0n) is 17.8. The predicted molar refractivity (Wildman–Crippen MR) is 121 cm³/mol. The van der Waals surface area contributed by atoms with Gasteiger partial charge in [-0.15, -0.1) is 10.2 Å². The van der Waals surface area contributed by atoms with Crippen molar-refractivity contribution in [1.82, 2.24) is 24.8 Å². The van der Waals surface area contributed by atoms with Gasteiger partial charge in [-0.1, -0.05) is 29.8 Å². The summed E-state index contributed by atoms with van der Waals surface area (Å²) in [6, 6.07) is 12.8. The van der Waals surface area contributed by atoms with Crippen LogP contribution in [0.3, 0.4) is 0 Å². The molecular formula is C22H21ClF3N5OS. The van der Waals surface area contributed by atoms with Crippen molar-refractivity contribution in [2.75, 3.05) is 6.54 Å². The first-order valence-corrected chi connectivity index (χ1v) is 11.1. The van der Waals surface area contributed by atoms with Crippen LogP contribution in [0, 0.1) is 0 Å². The quantitative estimate of drug-likeness (QED) is 0.340. The van der Waals surface area contributed by atoms with Crippen LogP contribution in [-0.4, -0.2) is 38.0 Å². The van der Waals surface area contributed by atoms with Gasteiger partial charge in [-0.25, -0.2) is 9.29 Å². The highest BCUT2D eigenvalue weighted by molar-refractivity contribution is 7.97. The second-order valence-electron chi connectivity index (χ2n) is 7.36. The van der Waals surface area contributed by atoms with Gasteiger partial charge in [0.15, 0.2) is 5.69 Å². The van der Waals surface area contributed by atoms with Gasteiger partial charge < -0.3 is 5.32 Å². The van der Waals surface area contributed by atoms with Gasteiger partial charge in [-0.2, -0.15) is 13.2 Å². The number of hydrogen-bond acceptors (Lipinski definition) is 6. The van der Waals surface area contributed by atoms with Crippen molar-refractivity contribution >= 4 is 29.5 Å². The predicted octanol–water partition coefficient (Wildman–Crippen LogP) is 5.24. The lowest BCUT2D eigenvalue weighted by molar-refractivity contribution is -0.141. The molecule has 0 fully saturated rings. The average molecular weight is 496 g/mol. The standard InChI is InChI=1S/C22H21ClF3N5OS/c1-14(2)31(33-17-6-9-20(23)27-12-17)13-21(32)28-11-15-4-3-5-16(10-15)18-7-8-19(30-29-18)22(24,25)26/h3-10,12,14H,11,13H2,1-2H3,(H,28,32). The van der Waals surface area contributed by atoms with Crippen LogP contribution in [0.2, 0.25) is 5.15 Å². The highest BCUT2D eigenvalue weighted by atomic mass is 35.5. The van der Waals surface area contributed by atoms with Gasteiger partial charge in [-0.05, 0) is 61.7 Å². The van der Waals surface area contributed by atoms with Crippen LogP contribution in [0.25, 0.3) is 11.3 Å². The van der Waals surface area contributed by atoms with Crippen LogP contribution in [0.15, 0.2) is 59.6 Å². The zero-order valence-corrected chi connectivity index (χ0v) is 19.4. The molecule has 1 amide bonds. The summed E-state index contributed by atoms with van der Waals surface area (Å²) in [5.74, 6) is -0.169. The summed E-state index contributed by atoms with van der Waals surface area (Å²) in [7, 11) is 0. The summed E-state index contributed by atoms with van der Waals surface area (Å²) in [6.07, 6.45) is -2.89. The number of nitrogens with one attached hydrogen (secondary N) is 1. The molecule has 1 aromatic carbocycles. The van der Waals surface area contributed by atoms with Gasteiger partial charge in [0.2, 0.25) is 5.91 Å². The van der Waals surface area contributed by atoms with Crippen molar-refractivity contribution in [2.24, 2.45) is 0 Å². The number of alkyl halides is 3. The Labute approximate surface area is 198 Å². The third kappa shape index (κ3) is 7.41. The van der Waals surface area contributed by atoms with E-state index in [1.165, 1.54) is 18.0 Å². The van der Waals surface area contributed by atoms with Crippen molar-refractivity contribution in [2.45, 2.75) is 37.5 Å². The molecule has 2 heterocycles. The molecule has 1 N–H and O–H groups in total. The number of amides is 1. The van der Waals surface area contributed by atoms with Gasteiger partial charge in [0.05, 0.1) is 12.2 Å². The second kappa shape index (κ2) is 11.0. The molecule has 0 aliphatic rings. The molecule has 33 heavy (non-hydrogen) atoms. The minimum Gasteiger partial charge on any atom is -0.351 e. The van der Waals surface area contributed by atoms with E-state index in [1.54, 1.807) is 30.5 Å². The van der Waals surface area contributed by atoms with Gasteiger partial charge >= 0.3 is 6.18 Å². The van der Waals surface area contributed by atoms with E-state index in [0.29, 0.717) is 16.4 Å². The van der Waals surface area contributed by atoms with Crippen LogP contribution in [0.1, 0.15) is 25.1 Å². The monoisotopic (exact) mass is 495 g/mol. The Kier molecular flexibility index (Phi) is 8.28. The molecule has 0 atom stereocenters. The Morgan fingerprint density at radius 1 is 1.15 bits per heavy atom. The SMILES string of the molecule is CC(C)N(CC(=O)NCc1cccc(-c2ccc(C(F)(F)F)nn2)c1)Sc1ccc(Cl)nc1. The van der Waals surface area contributed by atoms with Gasteiger partial charge in [0.25, 0.3) is 0 Å². The summed E-state index contributed by atoms with van der Waals surface area (Å²) in [5, 5.41) is 10.2. The fourth-order valence-corrected chi connectivity index (χ4v) is 3.75. The number of carbonyl (C=O) groups is 1. The molecule has 3 rings (SSSR count). The molecule has 0 spiro atoms. The Bertz CT molecular complexity index is 1080. The van der Waals surface area contributed by atoms with Gasteiger partial charge in [-0.3, -0.25) is 4.79 Å². The molecule has 6 nitrogen and oxygen atoms in total. The third-order valence-electron chi connectivity index (χ3n) is 4.47. The topological polar surface area (TPSA) is 71.0 Å². The average Bonchev–Trinajstić information content (AvgIpc) is 2.78. The Morgan fingerprint density at radius 3 is 2.55 bits per heavy atom. The minimum atomic E-state index is -4.54. The van der Waals surface area contributed by atoms with E-state index in [1.807, 2.05) is 30.3 Å². The van der Waals surface area contributed by atoms with E-state index in [9.17, 15) is 18.0 Å². The van der Waals surface area contributed by atoms with Crippen molar-refractivity contribution in [3.05, 3.63) is 71.1 Å². The lowest BCUT2D eigenvalue weighted by Crippen LogP contribution is -2.36. The number of nitrogens with zero attached hydrogens (tertiary/aromatic N) is 4. The molecule has 174 valence electrons. The first-order chi connectivity index (χ1) is 15.6. The van der Waals surface area contributed by atoms with E-state index < -0.39 is 11.9 Å². The van der Waals surface area contributed by atoms with Crippen LogP contribution in [-0.2, 0) is 17.5 Å². The Balaban J connectivity index is 1.59. The fourth-order valence-electron chi connectivity index (χ4n) is 2.75. The number of benzene rings is 1. The maximum absolute atomic E-state index is 12.7. The van der Waals surface area contributed by atoms with E-state index in [0.717, 1.165) is 16.5 Å². The second-order valence-corrected chi connectivity index (χ2v) is 8.87. The lowest BCUT2D eigenvalue weighted by atomic mass is 10.1. The molecule has 0 bridgehead atoms. The molecule has 0 saturated heterocycles. The summed E-state index contributed by atoms with van der Waals surface area (Å²) in [6.45, 7) is 4.39. The van der Waals surface area contributed by atoms with Gasteiger partial charge in [0.1, 0.15) is 5.15 Å². The van der Waals surface area contributed by atoms with E-state index in [2.05, 4.69) is 20.5 Å². The van der Waals surface area contributed by atoms with E-state index in [4.69, 9.17) is 11.6 Å². The van der Waals surface area contributed by atoms with Crippen molar-refractivity contribution < 1.29 is 18.0 Å². The highest BCUT2D eigenvalue weighted by Gasteiger charge is 2.32. The van der Waals surface area contributed by atoms with E-state index >= 15 is 0 Å². The Morgan fingerprint density at radius 2 is 1.94 bits per heavy atom. The first-order valence-electron chi connectivity index (χ1n) is 9.95. The van der Waals surface area contributed by atoms with Crippen molar-refractivity contribution in [3.63, 3.8) is 0 Å². The van der Waals surface area contributed by atoms with Crippen LogP contribution < -0.4 is 5.32 Å². The maximum atomic E-state index is 12.7. The third-order valence-corrected chi connectivity index (χ3v) is 5.93. The van der Waals surface area contributed by atoms with Gasteiger partial charge in [0, 0.05) is 29.2 Å². The largest absolute Gasteiger partial charge is 0.435 e. The molecule has 0 unspecified atom stereocenters. The molecule has 3 aromatic rings. The molecule has 0 radical (unpaired) electrons. The summed E-state index contributed by atoms with van der Waals surface area (Å²) in [5.41, 5.74) is 0.664. The number of aromatic nitrogens is 3. The molecule has 11 heteroatoms. The first kappa shape index (κ1) is 24.9. The maximum Gasteiger partial charge on any atom is 0.435 e. The number of pyridine rings is 1. The number of carbonyl (C=O) groups excluding carboxylic acids is 1. The smallest absolute Gasteiger partial charge is 0.351 e. The number of halogens is 4. The number of rotatable bonds is 8. The fraction of sp³-hybridized carbons (Fsp3) is 0.273. The normalized spacial score (nSPS) is 11.8. The zero-order chi connectivity index (χ0) is 24.0. The van der Waals surface area contributed by atoms with Crippen LogP contribution in [0.5, 0.6) is 0 Å². The molecule has 0 aliphatic carbocycles. The summed E-state index contributed by atoms with van der Waals surface area (Å²) >= 11 is 7.23. The Hall–Kier alpha value is -2.69. The highest BCUT2D eigenvalue weighted by Crippen LogP contribution is 2.28. The molecular weight excluding hydrogens is 475 g/mol.